The van der Waals surface area contributed by atoms with Crippen molar-refractivity contribution in [2.24, 2.45) is 0 Å². The van der Waals surface area contributed by atoms with Crippen molar-refractivity contribution in [2.45, 2.75) is 37.8 Å². The number of rotatable bonds is 3. The Morgan fingerprint density at radius 2 is 1.81 bits per heavy atom. The van der Waals surface area contributed by atoms with E-state index in [4.69, 9.17) is 4.74 Å². The van der Waals surface area contributed by atoms with Crippen LogP contribution in [0.2, 0.25) is 0 Å². The van der Waals surface area contributed by atoms with E-state index in [1.807, 2.05) is 43.3 Å². The summed E-state index contributed by atoms with van der Waals surface area (Å²) in [5, 5.41) is 22.3. The first-order chi connectivity index (χ1) is 10.2. The monoisotopic (exact) mass is 284 g/mol. The molecular weight excluding hydrogens is 264 g/mol. The van der Waals surface area contributed by atoms with Crippen molar-refractivity contribution in [3.8, 4) is 0 Å². The van der Waals surface area contributed by atoms with Gasteiger partial charge in [-0.2, -0.15) is 0 Å². The lowest BCUT2D eigenvalue weighted by atomic mass is 10.0. The average Bonchev–Trinajstić information content (AvgIpc) is 2.80. The van der Waals surface area contributed by atoms with Gasteiger partial charge in [-0.05, 0) is 22.8 Å². The molecule has 0 unspecified atom stereocenters. The lowest BCUT2D eigenvalue weighted by molar-refractivity contribution is 0.0195. The molecule has 4 atom stereocenters. The van der Waals surface area contributed by atoms with Crippen molar-refractivity contribution >= 4 is 16.8 Å². The van der Waals surface area contributed by atoms with Crippen LogP contribution in [0.5, 0.6) is 0 Å². The minimum atomic E-state index is -0.860. The van der Waals surface area contributed by atoms with Gasteiger partial charge in [-0.25, -0.2) is 0 Å². The highest BCUT2D eigenvalue weighted by atomic mass is 16.5. The van der Waals surface area contributed by atoms with Gasteiger partial charge in [-0.1, -0.05) is 61.5 Å². The Labute approximate surface area is 124 Å². The molecule has 1 aliphatic heterocycles. The summed E-state index contributed by atoms with van der Waals surface area (Å²) in [6.07, 6.45) is 2.08. The summed E-state index contributed by atoms with van der Waals surface area (Å²) in [7, 11) is 0. The summed E-state index contributed by atoms with van der Waals surface area (Å²) >= 11 is 0. The normalized spacial score (nSPS) is 29.5. The van der Waals surface area contributed by atoms with Crippen LogP contribution in [0.25, 0.3) is 16.8 Å². The number of fused-ring (bicyclic) bond motifs is 1. The summed E-state index contributed by atoms with van der Waals surface area (Å²) in [5.74, 6) is 0. The Morgan fingerprint density at radius 1 is 1.05 bits per heavy atom. The Morgan fingerprint density at radius 3 is 2.57 bits per heavy atom. The molecule has 0 aliphatic carbocycles. The second-order valence-corrected chi connectivity index (χ2v) is 5.46. The molecule has 0 radical (unpaired) electrons. The molecule has 1 saturated heterocycles. The Bertz CT molecular complexity index is 644. The highest BCUT2D eigenvalue weighted by molar-refractivity contribution is 5.90. The third kappa shape index (κ3) is 2.72. The van der Waals surface area contributed by atoms with E-state index in [0.717, 1.165) is 10.9 Å². The summed E-state index contributed by atoms with van der Waals surface area (Å²) < 4.78 is 5.68. The van der Waals surface area contributed by atoms with Crippen LogP contribution in [0.15, 0.2) is 48.5 Å². The van der Waals surface area contributed by atoms with Gasteiger partial charge in [0, 0.05) is 0 Å². The zero-order chi connectivity index (χ0) is 14.8. The lowest BCUT2D eigenvalue weighted by Gasteiger charge is -2.11. The second-order valence-electron chi connectivity index (χ2n) is 5.46. The third-order valence-corrected chi connectivity index (χ3v) is 4.09. The largest absolute Gasteiger partial charge is 0.388 e. The van der Waals surface area contributed by atoms with Crippen LogP contribution in [0, 0.1) is 0 Å². The molecule has 2 aromatic carbocycles. The van der Waals surface area contributed by atoms with Gasteiger partial charge in [0.05, 0.1) is 6.10 Å². The maximum atomic E-state index is 10.0. The Kier molecular flexibility index (Phi) is 4.06. The molecule has 2 aromatic rings. The van der Waals surface area contributed by atoms with E-state index in [9.17, 15) is 10.2 Å². The van der Waals surface area contributed by atoms with Gasteiger partial charge in [0.2, 0.25) is 0 Å². The summed E-state index contributed by atoms with van der Waals surface area (Å²) in [5.41, 5.74) is 1.08. The van der Waals surface area contributed by atoms with E-state index in [-0.39, 0.29) is 6.10 Å². The van der Waals surface area contributed by atoms with Crippen molar-refractivity contribution in [1.82, 2.24) is 0 Å². The van der Waals surface area contributed by atoms with Crippen LogP contribution in [-0.2, 0) is 4.74 Å². The minimum Gasteiger partial charge on any atom is -0.388 e. The van der Waals surface area contributed by atoms with Gasteiger partial charge in [0.1, 0.15) is 18.3 Å². The van der Waals surface area contributed by atoms with Gasteiger partial charge < -0.3 is 14.9 Å². The molecule has 1 aliphatic rings. The predicted octanol–water partition coefficient (Wildman–Crippen LogP) is 2.75. The summed E-state index contributed by atoms with van der Waals surface area (Å²) in [4.78, 5) is 0. The standard InChI is InChI=1S/C18H20O3/c1-2-15-17(19)18(20)16(21-15)11-10-13-8-5-7-12-6-3-4-9-14(12)13/h3-11,15-20H,2H2,1H3/b11-10+/t15-,16+,17-,18+/m0/s1. The Balaban J connectivity index is 1.85. The van der Waals surface area contributed by atoms with Crippen LogP contribution >= 0.6 is 0 Å². The van der Waals surface area contributed by atoms with Crippen molar-refractivity contribution < 1.29 is 14.9 Å². The van der Waals surface area contributed by atoms with Crippen molar-refractivity contribution in [3.05, 3.63) is 54.1 Å². The summed E-state index contributed by atoms with van der Waals surface area (Å²) in [6, 6.07) is 14.3. The van der Waals surface area contributed by atoms with E-state index >= 15 is 0 Å². The van der Waals surface area contributed by atoms with Crippen molar-refractivity contribution in [1.29, 1.82) is 0 Å². The van der Waals surface area contributed by atoms with Crippen LogP contribution in [0.4, 0.5) is 0 Å². The lowest BCUT2D eigenvalue weighted by Crippen LogP contribution is -2.31. The summed E-state index contributed by atoms with van der Waals surface area (Å²) in [6.45, 7) is 1.94. The smallest absolute Gasteiger partial charge is 0.112 e. The van der Waals surface area contributed by atoms with Gasteiger partial charge in [-0.15, -0.1) is 0 Å². The fourth-order valence-electron chi connectivity index (χ4n) is 2.87. The molecule has 110 valence electrons. The van der Waals surface area contributed by atoms with E-state index < -0.39 is 18.3 Å². The zero-order valence-corrected chi connectivity index (χ0v) is 12.0. The fraction of sp³-hybridized carbons (Fsp3) is 0.333. The van der Waals surface area contributed by atoms with Crippen LogP contribution in [-0.4, -0.2) is 34.6 Å². The van der Waals surface area contributed by atoms with Gasteiger partial charge in [0.25, 0.3) is 0 Å². The molecule has 0 amide bonds. The molecule has 0 bridgehead atoms. The molecule has 0 saturated carbocycles. The first-order valence-corrected chi connectivity index (χ1v) is 7.38. The topological polar surface area (TPSA) is 49.7 Å². The number of benzene rings is 2. The van der Waals surface area contributed by atoms with Crippen LogP contribution < -0.4 is 0 Å². The fourth-order valence-corrected chi connectivity index (χ4v) is 2.87. The molecule has 1 heterocycles. The Hall–Kier alpha value is -1.68. The molecule has 2 N–H and O–H groups in total. The zero-order valence-electron chi connectivity index (χ0n) is 12.0. The molecule has 21 heavy (non-hydrogen) atoms. The third-order valence-electron chi connectivity index (χ3n) is 4.09. The highest BCUT2D eigenvalue weighted by Crippen LogP contribution is 2.26. The molecule has 3 rings (SSSR count). The average molecular weight is 284 g/mol. The number of hydrogen-bond donors (Lipinski definition) is 2. The van der Waals surface area contributed by atoms with E-state index in [1.54, 1.807) is 0 Å². The van der Waals surface area contributed by atoms with Gasteiger partial charge >= 0.3 is 0 Å². The van der Waals surface area contributed by atoms with E-state index in [2.05, 4.69) is 18.2 Å². The van der Waals surface area contributed by atoms with Gasteiger partial charge in [0.15, 0.2) is 0 Å². The number of aliphatic hydroxyl groups excluding tert-OH is 2. The molecule has 3 nitrogen and oxygen atoms in total. The molecular formula is C18H20O3. The minimum absolute atomic E-state index is 0.290. The number of hydrogen-bond acceptors (Lipinski definition) is 3. The van der Waals surface area contributed by atoms with E-state index in [0.29, 0.717) is 6.42 Å². The van der Waals surface area contributed by atoms with Crippen LogP contribution in [0.3, 0.4) is 0 Å². The molecule has 1 fully saturated rings. The first-order valence-electron chi connectivity index (χ1n) is 7.38. The van der Waals surface area contributed by atoms with Gasteiger partial charge in [-0.3, -0.25) is 0 Å². The molecule has 0 aromatic heterocycles. The maximum absolute atomic E-state index is 10.0. The maximum Gasteiger partial charge on any atom is 0.112 e. The SMILES string of the molecule is CC[C@@H]1O[C@H](/C=C/c2cccc3ccccc23)[C@@H](O)[C@H]1O. The van der Waals surface area contributed by atoms with Crippen molar-refractivity contribution in [2.75, 3.05) is 0 Å². The van der Waals surface area contributed by atoms with Crippen molar-refractivity contribution in [3.63, 3.8) is 0 Å². The first kappa shape index (κ1) is 14.3. The highest BCUT2D eigenvalue weighted by Gasteiger charge is 2.40. The van der Waals surface area contributed by atoms with E-state index in [1.165, 1.54) is 5.39 Å². The molecule has 0 spiro atoms. The number of ether oxygens (including phenoxy) is 1. The second kappa shape index (κ2) is 5.98. The predicted molar refractivity (Wildman–Crippen MR) is 83.9 cm³/mol. The quantitative estimate of drug-likeness (QED) is 0.911. The molecule has 3 heteroatoms. The van der Waals surface area contributed by atoms with Crippen LogP contribution in [0.1, 0.15) is 18.9 Å². The number of aliphatic hydroxyl groups is 2.